The van der Waals surface area contributed by atoms with Gasteiger partial charge in [-0.3, -0.25) is 0 Å². The molecule has 2 heterocycles. The number of nitrogens with zero attached hydrogens (tertiary/aromatic N) is 2. The lowest BCUT2D eigenvalue weighted by atomic mass is 10.2. The number of thiazole rings is 1. The van der Waals surface area contributed by atoms with Crippen LogP contribution in [0.4, 0.5) is 13.9 Å². The van der Waals surface area contributed by atoms with Crippen molar-refractivity contribution < 1.29 is 13.9 Å². The Hall–Kier alpha value is -1.84. The van der Waals surface area contributed by atoms with Crippen molar-refractivity contribution in [2.24, 2.45) is 0 Å². The highest BCUT2D eigenvalue weighted by molar-refractivity contribution is 7.96. The van der Waals surface area contributed by atoms with E-state index in [9.17, 15) is 13.9 Å². The number of nitrogens with one attached hydrogen (secondary N) is 1. The first-order chi connectivity index (χ1) is 12.5. The number of hydrogen-bond donors (Lipinski definition) is 3. The lowest BCUT2D eigenvalue weighted by Gasteiger charge is -2.27. The summed E-state index contributed by atoms with van der Waals surface area (Å²) in [5, 5.41) is 13.2. The Bertz CT molecular complexity index is 808. The van der Waals surface area contributed by atoms with Gasteiger partial charge in [0.15, 0.2) is 16.8 Å². The minimum atomic E-state index is -0.842. The van der Waals surface area contributed by atoms with Gasteiger partial charge < -0.3 is 20.5 Å². The van der Waals surface area contributed by atoms with E-state index in [4.69, 9.17) is 5.73 Å². The highest BCUT2D eigenvalue weighted by atomic mass is 32.2. The number of aromatic nitrogens is 1. The van der Waals surface area contributed by atoms with Crippen molar-refractivity contribution in [3.8, 4) is 0 Å². The molecule has 9 heteroatoms. The van der Waals surface area contributed by atoms with Crippen LogP contribution in [0.5, 0.6) is 0 Å². The molecule has 3 rings (SSSR count). The smallest absolute Gasteiger partial charge is 0.180 e. The fourth-order valence-corrected chi connectivity index (χ4v) is 4.43. The summed E-state index contributed by atoms with van der Waals surface area (Å²) in [5.41, 5.74) is 7.72. The molecular weight excluding hydrogens is 378 g/mol. The summed E-state index contributed by atoms with van der Waals surface area (Å²) in [6, 6.07) is 4.09. The number of fused-ring (bicyclic) bond motifs is 1. The maximum absolute atomic E-state index is 13.9. The maximum Gasteiger partial charge on any atom is 0.180 e. The van der Waals surface area contributed by atoms with Gasteiger partial charge in [0.25, 0.3) is 0 Å². The van der Waals surface area contributed by atoms with Crippen LogP contribution in [-0.4, -0.2) is 27.0 Å². The van der Waals surface area contributed by atoms with Crippen molar-refractivity contribution in [3.63, 3.8) is 0 Å². The van der Waals surface area contributed by atoms with Gasteiger partial charge in [-0.05, 0) is 24.4 Å². The van der Waals surface area contributed by atoms with Gasteiger partial charge in [0.1, 0.15) is 5.69 Å². The van der Waals surface area contributed by atoms with Gasteiger partial charge in [-0.2, -0.15) is 0 Å². The molecule has 0 bridgehead atoms. The molecule has 1 atom stereocenters. The fourth-order valence-electron chi connectivity index (χ4n) is 2.58. The molecular formula is C17H20F2N4OS2. The van der Waals surface area contributed by atoms with Crippen LogP contribution >= 0.6 is 23.3 Å². The molecule has 4 N–H and O–H groups in total. The van der Waals surface area contributed by atoms with E-state index < -0.39 is 11.6 Å². The van der Waals surface area contributed by atoms with Crippen LogP contribution in [0.2, 0.25) is 0 Å². The zero-order chi connectivity index (χ0) is 18.7. The summed E-state index contributed by atoms with van der Waals surface area (Å²) < 4.78 is 29.2. The van der Waals surface area contributed by atoms with E-state index in [0.717, 1.165) is 28.8 Å². The van der Waals surface area contributed by atoms with Gasteiger partial charge in [0.05, 0.1) is 23.7 Å². The fraction of sp³-hybridized carbons (Fsp3) is 0.353. The molecule has 2 aromatic rings. The Morgan fingerprint density at radius 3 is 3.00 bits per heavy atom. The lowest BCUT2D eigenvalue weighted by molar-refractivity contribution is 0.250. The predicted molar refractivity (Wildman–Crippen MR) is 102 cm³/mol. The van der Waals surface area contributed by atoms with Crippen molar-refractivity contribution in [2.45, 2.75) is 31.7 Å². The van der Waals surface area contributed by atoms with Gasteiger partial charge in [-0.25, -0.2) is 13.8 Å². The van der Waals surface area contributed by atoms with E-state index in [2.05, 4.69) is 10.3 Å². The van der Waals surface area contributed by atoms with Gasteiger partial charge in [-0.1, -0.05) is 30.4 Å². The Balaban J connectivity index is 1.78. The van der Waals surface area contributed by atoms with Gasteiger partial charge in [-0.15, -0.1) is 0 Å². The SMILES string of the molecule is CCC(CO)NC1=CN(SCc2cccc(F)c2F)Cc2sc(N)nc21. The average Bonchev–Trinajstić information content (AvgIpc) is 3.01. The second-order valence-corrected chi connectivity index (χ2v) is 7.99. The van der Waals surface area contributed by atoms with E-state index >= 15 is 0 Å². The number of hydrogen-bond acceptors (Lipinski definition) is 7. The van der Waals surface area contributed by atoms with Crippen LogP contribution in [-0.2, 0) is 12.3 Å². The van der Waals surface area contributed by atoms with E-state index in [1.807, 2.05) is 17.4 Å². The van der Waals surface area contributed by atoms with Crippen molar-refractivity contribution in [1.29, 1.82) is 0 Å². The molecule has 140 valence electrons. The molecule has 0 saturated carbocycles. The Kier molecular flexibility index (Phi) is 6.00. The summed E-state index contributed by atoms with van der Waals surface area (Å²) in [6.45, 7) is 2.56. The number of benzene rings is 1. The Morgan fingerprint density at radius 2 is 2.27 bits per heavy atom. The van der Waals surface area contributed by atoms with Crippen LogP contribution in [0.15, 0.2) is 24.4 Å². The van der Waals surface area contributed by atoms with Crippen molar-refractivity contribution in [3.05, 3.63) is 52.2 Å². The molecule has 1 aromatic heterocycles. The molecule has 0 aliphatic carbocycles. The molecule has 0 radical (unpaired) electrons. The van der Waals surface area contributed by atoms with Crippen LogP contribution in [0.25, 0.3) is 5.70 Å². The maximum atomic E-state index is 13.9. The van der Waals surface area contributed by atoms with E-state index in [1.54, 1.807) is 6.07 Å². The van der Waals surface area contributed by atoms with Crippen molar-refractivity contribution in [1.82, 2.24) is 14.6 Å². The molecule has 1 aromatic carbocycles. The normalized spacial score (nSPS) is 14.8. The third-order valence-electron chi connectivity index (χ3n) is 4.03. The molecule has 0 fully saturated rings. The van der Waals surface area contributed by atoms with Crippen LogP contribution in [0, 0.1) is 11.6 Å². The summed E-state index contributed by atoms with van der Waals surface area (Å²) in [5.74, 6) is -1.35. The first-order valence-electron chi connectivity index (χ1n) is 8.19. The molecule has 1 aliphatic heterocycles. The summed E-state index contributed by atoms with van der Waals surface area (Å²) in [4.78, 5) is 5.36. The molecule has 0 amide bonds. The minimum Gasteiger partial charge on any atom is -0.394 e. The summed E-state index contributed by atoms with van der Waals surface area (Å²) in [6.07, 6.45) is 2.63. The van der Waals surface area contributed by atoms with Gasteiger partial charge >= 0.3 is 0 Å². The number of nitrogen functional groups attached to an aromatic ring is 1. The van der Waals surface area contributed by atoms with Crippen molar-refractivity contribution >= 4 is 34.1 Å². The van der Waals surface area contributed by atoms with E-state index in [-0.39, 0.29) is 12.6 Å². The quantitative estimate of drug-likeness (QED) is 0.622. The summed E-state index contributed by atoms with van der Waals surface area (Å²) in [7, 11) is 0. The average molecular weight is 399 g/mol. The van der Waals surface area contributed by atoms with Crippen LogP contribution in [0.3, 0.4) is 0 Å². The summed E-state index contributed by atoms with van der Waals surface area (Å²) >= 11 is 2.78. The Labute approximate surface area is 159 Å². The number of aliphatic hydroxyl groups is 1. The molecule has 0 saturated heterocycles. The van der Waals surface area contributed by atoms with Gasteiger partial charge in [0, 0.05) is 23.6 Å². The predicted octanol–water partition coefficient (Wildman–Crippen LogP) is 3.33. The molecule has 0 spiro atoms. The molecule has 5 nitrogen and oxygen atoms in total. The lowest BCUT2D eigenvalue weighted by Crippen LogP contribution is -2.33. The standard InChI is InChI=1S/C17H20F2N4OS2/c1-2-11(8-24)21-13-6-23(7-14-16(13)22-17(20)26-14)25-9-10-4-3-5-12(18)15(10)19/h3-6,11,21,24H,2,7-9H2,1H3,(H2,20,22). The topological polar surface area (TPSA) is 74.4 Å². The second kappa shape index (κ2) is 8.24. The third kappa shape index (κ3) is 4.11. The second-order valence-electron chi connectivity index (χ2n) is 5.86. The van der Waals surface area contributed by atoms with E-state index in [1.165, 1.54) is 29.4 Å². The number of anilines is 1. The number of rotatable bonds is 7. The highest BCUT2D eigenvalue weighted by Crippen LogP contribution is 2.35. The number of nitrogens with two attached hydrogens (primary N) is 1. The molecule has 1 unspecified atom stereocenters. The van der Waals surface area contributed by atoms with Crippen molar-refractivity contribution in [2.75, 3.05) is 12.3 Å². The van der Waals surface area contributed by atoms with Gasteiger partial charge in [0.2, 0.25) is 0 Å². The zero-order valence-corrected chi connectivity index (χ0v) is 15.8. The first kappa shape index (κ1) is 18.9. The van der Waals surface area contributed by atoms with E-state index in [0.29, 0.717) is 23.0 Å². The minimum absolute atomic E-state index is 0.00440. The largest absolute Gasteiger partial charge is 0.394 e. The van der Waals surface area contributed by atoms with Crippen LogP contribution in [0.1, 0.15) is 29.5 Å². The Morgan fingerprint density at radius 1 is 1.46 bits per heavy atom. The highest BCUT2D eigenvalue weighted by Gasteiger charge is 2.24. The van der Waals surface area contributed by atoms with Crippen LogP contribution < -0.4 is 11.1 Å². The number of halogens is 2. The molecule has 26 heavy (non-hydrogen) atoms. The zero-order valence-electron chi connectivity index (χ0n) is 14.2. The monoisotopic (exact) mass is 398 g/mol. The first-order valence-corrected chi connectivity index (χ1v) is 9.95. The molecule has 1 aliphatic rings. The third-order valence-corrected chi connectivity index (χ3v) is 5.91. The number of aliphatic hydroxyl groups excluding tert-OH is 1.